The Kier molecular flexibility index (Phi) is 4.79. The molecule has 0 atom stereocenters. The van der Waals surface area contributed by atoms with E-state index < -0.39 is 5.91 Å². The van der Waals surface area contributed by atoms with Gasteiger partial charge in [0.1, 0.15) is 11.0 Å². The zero-order chi connectivity index (χ0) is 21.4. The molecule has 31 heavy (non-hydrogen) atoms. The number of hydrogen-bond donors (Lipinski definition) is 2. The summed E-state index contributed by atoms with van der Waals surface area (Å²) < 4.78 is 10.6. The molecule has 2 aliphatic rings. The van der Waals surface area contributed by atoms with Gasteiger partial charge in [-0.1, -0.05) is 6.07 Å². The van der Waals surface area contributed by atoms with E-state index in [1.807, 2.05) is 0 Å². The number of amides is 3. The Hall–Kier alpha value is -3.86. The molecule has 2 N–H and O–H groups in total. The van der Waals surface area contributed by atoms with Crippen LogP contribution < -0.4 is 14.8 Å². The first kappa shape index (κ1) is 19.1. The number of carbonyl (C=O) groups excluding carboxylic acids is 3. The number of aromatic amines is 1. The summed E-state index contributed by atoms with van der Waals surface area (Å²) in [5.74, 6) is 0.516. The summed E-state index contributed by atoms with van der Waals surface area (Å²) in [5.41, 5.74) is 2.38. The van der Waals surface area contributed by atoms with E-state index in [-0.39, 0.29) is 31.0 Å². The smallest absolute Gasteiger partial charge is 0.293 e. The molecule has 2 aliphatic heterocycles. The van der Waals surface area contributed by atoms with Gasteiger partial charge in [-0.3, -0.25) is 19.3 Å². The van der Waals surface area contributed by atoms with Gasteiger partial charge in [0, 0.05) is 18.7 Å². The number of fused-ring (bicyclic) bond motifs is 2. The largest absolute Gasteiger partial charge is 0.454 e. The van der Waals surface area contributed by atoms with Crippen molar-refractivity contribution >= 4 is 45.9 Å². The Morgan fingerprint density at radius 2 is 1.97 bits per heavy atom. The second-order valence-corrected chi connectivity index (χ2v) is 7.72. The monoisotopic (exact) mass is 437 g/mol. The molecule has 11 heteroatoms. The van der Waals surface area contributed by atoms with Crippen LogP contribution >= 0.6 is 11.8 Å². The Bertz CT molecular complexity index is 1250. The molecular formula is C20H15N5O5S. The van der Waals surface area contributed by atoms with Crippen LogP contribution in [0.1, 0.15) is 15.9 Å². The summed E-state index contributed by atoms with van der Waals surface area (Å²) in [6, 6.07) is 10.2. The van der Waals surface area contributed by atoms with E-state index in [0.29, 0.717) is 33.0 Å². The molecule has 1 aromatic heterocycles. The number of ether oxygens (including phenoxy) is 2. The third kappa shape index (κ3) is 3.70. The lowest BCUT2D eigenvalue weighted by atomic mass is 10.2. The molecule has 5 rings (SSSR count). The van der Waals surface area contributed by atoms with Crippen molar-refractivity contribution in [3.63, 3.8) is 0 Å². The van der Waals surface area contributed by atoms with Crippen molar-refractivity contribution in [3.05, 3.63) is 52.4 Å². The molecule has 2 aromatic carbocycles. The highest BCUT2D eigenvalue weighted by molar-refractivity contribution is 8.18. The number of nitrogens with one attached hydrogen (secondary N) is 2. The quantitative estimate of drug-likeness (QED) is 0.582. The number of H-pyrrole nitrogens is 1. The highest BCUT2D eigenvalue weighted by Gasteiger charge is 2.34. The molecule has 0 spiro atoms. The number of thioether (sulfide) groups is 1. The summed E-state index contributed by atoms with van der Waals surface area (Å²) >= 11 is 0.863. The van der Waals surface area contributed by atoms with Gasteiger partial charge in [-0.25, -0.2) is 0 Å². The maximum absolute atomic E-state index is 12.6. The fraction of sp³-hybridized carbons (Fsp3) is 0.150. The lowest BCUT2D eigenvalue weighted by Gasteiger charge is -2.13. The van der Waals surface area contributed by atoms with Crippen LogP contribution in [-0.2, 0) is 4.79 Å². The first-order valence-electron chi connectivity index (χ1n) is 9.32. The normalized spacial score (nSPS) is 16.5. The van der Waals surface area contributed by atoms with Crippen molar-refractivity contribution in [1.82, 2.24) is 25.6 Å². The zero-order valence-corrected chi connectivity index (χ0v) is 16.8. The van der Waals surface area contributed by atoms with Crippen LogP contribution in [0.25, 0.3) is 17.1 Å². The minimum Gasteiger partial charge on any atom is -0.454 e. The van der Waals surface area contributed by atoms with Gasteiger partial charge in [-0.05, 0) is 53.7 Å². The molecule has 156 valence electrons. The van der Waals surface area contributed by atoms with E-state index >= 15 is 0 Å². The summed E-state index contributed by atoms with van der Waals surface area (Å²) in [5, 5.41) is 12.7. The maximum atomic E-state index is 12.6. The second kappa shape index (κ2) is 7.76. The van der Waals surface area contributed by atoms with Crippen molar-refractivity contribution in [2.75, 3.05) is 19.9 Å². The van der Waals surface area contributed by atoms with Crippen LogP contribution in [-0.4, -0.2) is 57.2 Å². The van der Waals surface area contributed by atoms with Gasteiger partial charge in [0.2, 0.25) is 6.79 Å². The molecule has 1 fully saturated rings. The van der Waals surface area contributed by atoms with Gasteiger partial charge in [-0.2, -0.15) is 15.4 Å². The fourth-order valence-corrected chi connectivity index (χ4v) is 4.08. The molecule has 0 aliphatic carbocycles. The summed E-state index contributed by atoms with van der Waals surface area (Å²) in [4.78, 5) is 38.7. The predicted octanol–water partition coefficient (Wildman–Crippen LogP) is 2.15. The van der Waals surface area contributed by atoms with Crippen LogP contribution in [0.5, 0.6) is 11.5 Å². The Morgan fingerprint density at radius 1 is 1.13 bits per heavy atom. The van der Waals surface area contributed by atoms with E-state index in [4.69, 9.17) is 9.47 Å². The molecule has 0 unspecified atom stereocenters. The first-order valence-corrected chi connectivity index (χ1v) is 10.1. The molecular weight excluding hydrogens is 422 g/mol. The van der Waals surface area contributed by atoms with Crippen LogP contribution in [0.2, 0.25) is 0 Å². The highest BCUT2D eigenvalue weighted by atomic mass is 32.2. The summed E-state index contributed by atoms with van der Waals surface area (Å²) in [6.07, 6.45) is 1.64. The minimum absolute atomic E-state index is 0.0705. The van der Waals surface area contributed by atoms with E-state index in [1.54, 1.807) is 42.5 Å². The number of rotatable bonds is 5. The number of carbonyl (C=O) groups is 3. The summed E-state index contributed by atoms with van der Waals surface area (Å²) in [6.45, 7) is 0.361. The van der Waals surface area contributed by atoms with Gasteiger partial charge >= 0.3 is 0 Å². The molecule has 10 nitrogen and oxygen atoms in total. The van der Waals surface area contributed by atoms with Crippen LogP contribution in [0.4, 0.5) is 4.79 Å². The van der Waals surface area contributed by atoms with Crippen molar-refractivity contribution < 1.29 is 23.9 Å². The first-order chi connectivity index (χ1) is 15.1. The standard InChI is InChI=1S/C20H15N5O5S/c26-18(12-2-3-13-14(9-12)23-24-22-13)21-5-6-25-19(27)17(31-20(25)28)8-11-1-4-15-16(7-11)30-10-29-15/h1-4,7-9H,5-6,10H2,(H,21,26)(H,22,23,24)/b17-8-. The molecule has 3 heterocycles. The molecule has 0 radical (unpaired) electrons. The third-order valence-corrected chi connectivity index (χ3v) is 5.67. The van der Waals surface area contributed by atoms with E-state index in [2.05, 4.69) is 20.7 Å². The topological polar surface area (TPSA) is 127 Å². The lowest BCUT2D eigenvalue weighted by Crippen LogP contribution is -2.37. The Labute approximate surface area is 179 Å². The number of aromatic nitrogens is 3. The summed E-state index contributed by atoms with van der Waals surface area (Å²) in [7, 11) is 0. The maximum Gasteiger partial charge on any atom is 0.293 e. The van der Waals surface area contributed by atoms with Crippen molar-refractivity contribution in [3.8, 4) is 11.5 Å². The number of hydrogen-bond acceptors (Lipinski definition) is 8. The van der Waals surface area contributed by atoms with Crippen molar-refractivity contribution in [1.29, 1.82) is 0 Å². The Morgan fingerprint density at radius 3 is 2.87 bits per heavy atom. The number of imide groups is 1. The van der Waals surface area contributed by atoms with Crippen molar-refractivity contribution in [2.24, 2.45) is 0 Å². The molecule has 1 saturated heterocycles. The molecule has 3 aromatic rings. The third-order valence-electron chi connectivity index (χ3n) is 4.77. The van der Waals surface area contributed by atoms with Crippen LogP contribution in [0.15, 0.2) is 41.3 Å². The average Bonchev–Trinajstić information content (AvgIpc) is 3.48. The van der Waals surface area contributed by atoms with Gasteiger partial charge in [0.15, 0.2) is 11.5 Å². The van der Waals surface area contributed by atoms with Crippen LogP contribution in [0, 0.1) is 0 Å². The van der Waals surface area contributed by atoms with Crippen molar-refractivity contribution in [2.45, 2.75) is 0 Å². The number of benzene rings is 2. The van der Waals surface area contributed by atoms with Gasteiger partial charge < -0.3 is 14.8 Å². The Balaban J connectivity index is 1.21. The van der Waals surface area contributed by atoms with Gasteiger partial charge in [-0.15, -0.1) is 0 Å². The number of nitrogens with zero attached hydrogens (tertiary/aromatic N) is 3. The minimum atomic E-state index is -0.397. The zero-order valence-electron chi connectivity index (χ0n) is 16.0. The van der Waals surface area contributed by atoms with Gasteiger partial charge in [0.05, 0.1) is 4.91 Å². The van der Waals surface area contributed by atoms with Crippen LogP contribution in [0.3, 0.4) is 0 Å². The second-order valence-electron chi connectivity index (χ2n) is 6.73. The van der Waals surface area contributed by atoms with Gasteiger partial charge in [0.25, 0.3) is 17.1 Å². The molecule has 3 amide bonds. The lowest BCUT2D eigenvalue weighted by molar-refractivity contribution is -0.122. The fourth-order valence-electron chi connectivity index (χ4n) is 3.21. The SMILES string of the molecule is O=C(NCCN1C(=O)S/C(=C\c2ccc3c(c2)OCO3)C1=O)c1ccc2n[nH]nc2c1. The van der Waals surface area contributed by atoms with E-state index in [1.165, 1.54) is 0 Å². The predicted molar refractivity (Wildman–Crippen MR) is 111 cm³/mol. The molecule has 0 saturated carbocycles. The van der Waals surface area contributed by atoms with E-state index in [9.17, 15) is 14.4 Å². The average molecular weight is 437 g/mol. The van der Waals surface area contributed by atoms with E-state index in [0.717, 1.165) is 22.2 Å². The molecule has 0 bridgehead atoms. The highest BCUT2D eigenvalue weighted by Crippen LogP contribution is 2.36.